The van der Waals surface area contributed by atoms with Gasteiger partial charge < -0.3 is 4.42 Å². The van der Waals surface area contributed by atoms with Gasteiger partial charge in [-0.1, -0.05) is 176 Å². The molecular formula is C54H32O. The summed E-state index contributed by atoms with van der Waals surface area (Å²) in [4.78, 5) is 0. The molecule has 0 radical (unpaired) electrons. The van der Waals surface area contributed by atoms with Gasteiger partial charge in [-0.2, -0.15) is 0 Å². The van der Waals surface area contributed by atoms with Gasteiger partial charge in [0.05, 0.1) is 0 Å². The Kier molecular flexibility index (Phi) is 6.40. The monoisotopic (exact) mass is 696 g/mol. The lowest BCUT2D eigenvalue weighted by Gasteiger charge is -2.18. The Hall–Kier alpha value is -7.22. The van der Waals surface area contributed by atoms with E-state index in [0.717, 1.165) is 27.5 Å². The van der Waals surface area contributed by atoms with Gasteiger partial charge in [-0.25, -0.2) is 0 Å². The zero-order valence-corrected chi connectivity index (χ0v) is 29.9. The van der Waals surface area contributed by atoms with Gasteiger partial charge in [-0.3, -0.25) is 0 Å². The predicted octanol–water partition coefficient (Wildman–Crippen LogP) is 15.5. The van der Waals surface area contributed by atoms with Crippen molar-refractivity contribution in [3.05, 3.63) is 194 Å². The summed E-state index contributed by atoms with van der Waals surface area (Å²) >= 11 is 0. The standard InChI is InChI=1S/C54H32O/c1-2-13-33(14-3-1)34-25-27-45-49(31-34)39-17-6-8-20-43(39)53-46-28-26-35(32-50(46)40-18-7-9-21-44(40)52(45)53)36-29-30-41(38-16-5-4-15-37(36)38)47-22-12-23-48-42-19-10-11-24-51(42)55-54(47)48/h1-32H. The Morgan fingerprint density at radius 2 is 0.727 bits per heavy atom. The lowest BCUT2D eigenvalue weighted by Crippen LogP contribution is -1.90. The molecule has 0 aliphatic carbocycles. The van der Waals surface area contributed by atoms with Crippen molar-refractivity contribution >= 4 is 86.6 Å². The van der Waals surface area contributed by atoms with Gasteiger partial charge in [-0.05, 0) is 111 Å². The van der Waals surface area contributed by atoms with Crippen LogP contribution < -0.4 is 0 Å². The number of benzene rings is 11. The molecule has 1 nitrogen and oxygen atoms in total. The fourth-order valence-corrected chi connectivity index (χ4v) is 9.39. The maximum Gasteiger partial charge on any atom is 0.143 e. The second-order valence-corrected chi connectivity index (χ2v) is 14.7. The molecule has 11 aromatic carbocycles. The predicted molar refractivity (Wildman–Crippen MR) is 235 cm³/mol. The van der Waals surface area contributed by atoms with Gasteiger partial charge in [0.15, 0.2) is 0 Å². The van der Waals surface area contributed by atoms with E-state index in [2.05, 4.69) is 188 Å². The minimum atomic E-state index is 0.916. The summed E-state index contributed by atoms with van der Waals surface area (Å²) < 4.78 is 6.51. The molecule has 254 valence electrons. The number of rotatable bonds is 3. The molecule has 0 amide bonds. The van der Waals surface area contributed by atoms with Crippen LogP contribution in [0.1, 0.15) is 0 Å². The van der Waals surface area contributed by atoms with Gasteiger partial charge in [0.25, 0.3) is 0 Å². The number of furan rings is 1. The third kappa shape index (κ3) is 4.41. The third-order valence-corrected chi connectivity index (χ3v) is 11.8. The highest BCUT2D eigenvalue weighted by Crippen LogP contribution is 2.47. The van der Waals surface area contributed by atoms with Gasteiger partial charge >= 0.3 is 0 Å². The Labute approximate surface area is 317 Å². The van der Waals surface area contributed by atoms with E-state index in [0.29, 0.717) is 0 Å². The van der Waals surface area contributed by atoms with Crippen LogP contribution in [0.15, 0.2) is 199 Å². The first-order valence-electron chi connectivity index (χ1n) is 19.0. The first kappa shape index (κ1) is 30.3. The van der Waals surface area contributed by atoms with E-state index in [1.54, 1.807) is 0 Å². The van der Waals surface area contributed by atoms with Gasteiger partial charge in [0.1, 0.15) is 11.2 Å². The van der Waals surface area contributed by atoms with Crippen LogP contribution in [0.5, 0.6) is 0 Å². The summed E-state index contributed by atoms with van der Waals surface area (Å²) in [5, 5.41) is 17.6. The summed E-state index contributed by atoms with van der Waals surface area (Å²) in [7, 11) is 0. The molecule has 1 aromatic heterocycles. The zero-order valence-electron chi connectivity index (χ0n) is 29.9. The second-order valence-electron chi connectivity index (χ2n) is 14.7. The molecule has 0 bridgehead atoms. The fraction of sp³-hybridized carbons (Fsp3) is 0. The molecule has 0 unspecified atom stereocenters. The second kappa shape index (κ2) is 11.6. The highest BCUT2D eigenvalue weighted by molar-refractivity contribution is 6.39. The molecule has 1 heteroatoms. The molecule has 12 aromatic rings. The van der Waals surface area contributed by atoms with Crippen LogP contribution >= 0.6 is 0 Å². The fourth-order valence-electron chi connectivity index (χ4n) is 9.39. The molecule has 0 aliphatic heterocycles. The lowest BCUT2D eigenvalue weighted by molar-refractivity contribution is 0.670. The lowest BCUT2D eigenvalue weighted by atomic mass is 9.85. The first-order chi connectivity index (χ1) is 27.3. The summed E-state index contributed by atoms with van der Waals surface area (Å²) in [5.74, 6) is 0. The largest absolute Gasteiger partial charge is 0.455 e. The summed E-state index contributed by atoms with van der Waals surface area (Å²) in [6, 6.07) is 71.0. The van der Waals surface area contributed by atoms with E-state index in [4.69, 9.17) is 4.42 Å². The van der Waals surface area contributed by atoms with Gasteiger partial charge in [0, 0.05) is 16.3 Å². The molecule has 0 saturated carbocycles. The quantitative estimate of drug-likeness (QED) is 0.168. The molecular weight excluding hydrogens is 665 g/mol. The molecule has 0 N–H and O–H groups in total. The summed E-state index contributed by atoms with van der Waals surface area (Å²) in [6.07, 6.45) is 0. The van der Waals surface area contributed by atoms with Crippen LogP contribution in [-0.4, -0.2) is 0 Å². The van der Waals surface area contributed by atoms with E-state index >= 15 is 0 Å². The van der Waals surface area contributed by atoms with E-state index in [-0.39, 0.29) is 0 Å². The Morgan fingerprint density at radius 1 is 0.236 bits per heavy atom. The Balaban J connectivity index is 1.12. The van der Waals surface area contributed by atoms with Crippen molar-refractivity contribution < 1.29 is 4.42 Å². The topological polar surface area (TPSA) is 13.1 Å². The smallest absolute Gasteiger partial charge is 0.143 e. The van der Waals surface area contributed by atoms with Crippen LogP contribution in [0.25, 0.3) is 120 Å². The summed E-state index contributed by atoms with van der Waals surface area (Å²) in [5.41, 5.74) is 9.04. The van der Waals surface area contributed by atoms with E-state index in [1.807, 2.05) is 6.07 Å². The van der Waals surface area contributed by atoms with Crippen molar-refractivity contribution in [2.75, 3.05) is 0 Å². The van der Waals surface area contributed by atoms with Gasteiger partial charge in [-0.15, -0.1) is 0 Å². The first-order valence-corrected chi connectivity index (χ1v) is 19.0. The normalized spacial score (nSPS) is 12.0. The highest BCUT2D eigenvalue weighted by Gasteiger charge is 2.19. The zero-order chi connectivity index (χ0) is 36.0. The maximum absolute atomic E-state index is 6.51. The van der Waals surface area contributed by atoms with Crippen molar-refractivity contribution in [2.24, 2.45) is 0 Å². The van der Waals surface area contributed by atoms with Crippen LogP contribution in [0.3, 0.4) is 0 Å². The third-order valence-electron chi connectivity index (χ3n) is 11.8. The number of fused-ring (bicyclic) bond motifs is 15. The van der Waals surface area contributed by atoms with Crippen molar-refractivity contribution in [2.45, 2.75) is 0 Å². The minimum Gasteiger partial charge on any atom is -0.455 e. The van der Waals surface area contributed by atoms with Crippen LogP contribution in [0.2, 0.25) is 0 Å². The average molecular weight is 697 g/mol. The molecule has 0 aliphatic rings. The van der Waals surface area contributed by atoms with E-state index < -0.39 is 0 Å². The van der Waals surface area contributed by atoms with Crippen molar-refractivity contribution in [1.29, 1.82) is 0 Å². The molecule has 55 heavy (non-hydrogen) atoms. The Morgan fingerprint density at radius 3 is 1.42 bits per heavy atom. The minimum absolute atomic E-state index is 0.916. The van der Waals surface area contributed by atoms with E-state index in [9.17, 15) is 0 Å². The number of hydrogen-bond donors (Lipinski definition) is 0. The maximum atomic E-state index is 6.51. The van der Waals surface area contributed by atoms with Crippen molar-refractivity contribution in [3.63, 3.8) is 0 Å². The van der Waals surface area contributed by atoms with E-state index in [1.165, 1.54) is 92.5 Å². The van der Waals surface area contributed by atoms with Crippen LogP contribution in [0.4, 0.5) is 0 Å². The summed E-state index contributed by atoms with van der Waals surface area (Å²) in [6.45, 7) is 0. The highest BCUT2D eigenvalue weighted by atomic mass is 16.3. The molecule has 12 rings (SSSR count). The Bertz CT molecular complexity index is 3530. The van der Waals surface area contributed by atoms with Crippen molar-refractivity contribution in [1.82, 2.24) is 0 Å². The molecule has 1 heterocycles. The molecule has 0 saturated heterocycles. The van der Waals surface area contributed by atoms with Crippen molar-refractivity contribution in [3.8, 4) is 33.4 Å². The van der Waals surface area contributed by atoms with Gasteiger partial charge in [0.2, 0.25) is 0 Å². The van der Waals surface area contributed by atoms with Crippen LogP contribution in [-0.2, 0) is 0 Å². The number of hydrogen-bond acceptors (Lipinski definition) is 1. The molecule has 0 spiro atoms. The molecule has 0 fully saturated rings. The average Bonchev–Trinajstić information content (AvgIpc) is 3.65. The SMILES string of the molecule is c1ccc(-c2ccc3c(c2)c2ccccc2c2c4ccc(-c5ccc(-c6cccc7c6oc6ccccc67)c6ccccc56)cc4c4ccccc4c32)cc1. The molecule has 0 atom stereocenters. The number of para-hydroxylation sites is 2. The van der Waals surface area contributed by atoms with Crippen LogP contribution in [0, 0.1) is 0 Å².